The first-order valence-electron chi connectivity index (χ1n) is 36.2. The maximum Gasteiger partial charge on any atom is 1.00 e. The molecule has 106 heavy (non-hydrogen) atoms. The molecule has 4 fully saturated rings. The fraction of sp³-hybridized carbons (Fsp3) is 0.671. The molecule has 3 unspecified atom stereocenters. The van der Waals surface area contributed by atoms with Crippen molar-refractivity contribution >= 4 is 164 Å². The van der Waals surface area contributed by atoms with Crippen molar-refractivity contribution in [1.82, 2.24) is 29.5 Å². The van der Waals surface area contributed by atoms with Crippen LogP contribution in [0.4, 0.5) is 43.7 Å². The van der Waals surface area contributed by atoms with Gasteiger partial charge in [-0.3, -0.25) is 15.6 Å². The predicted molar refractivity (Wildman–Crippen MR) is 439 cm³/mol. The SMILES string of the molecule is C.CC(=Nc1c(NC(=O)OC(C)(C)C)cc(Cl)nc1Cl)C1CCC(C)CC1.CC1CCC(C(C)Nc2c(N)cc(Cl)nc2Cl)CC1.CC1CCC(C(C)Nc2c(NC(=O)OC(C)(C)C)cc(Cl)nc2Cl)CC1.CC1CCC(C(C)n2cnc3cc(Cl)nc(Cl)c32)CC1.CCOC(OCC)OCC.[B].[C-]#N.[Na+]. The summed E-state index contributed by atoms with van der Waals surface area (Å²) in [6.45, 7) is 40.5. The smallest absolute Gasteiger partial charge is 0.512 e. The molecule has 0 saturated heterocycles. The summed E-state index contributed by atoms with van der Waals surface area (Å²) in [5.41, 5.74) is 10.6. The summed E-state index contributed by atoms with van der Waals surface area (Å²) < 4.78 is 28.0. The standard InChI is InChI=1S/C19H29Cl2N3O2.C19H27Cl2N3O2.C15H19Cl2N3.C14H21Cl2N3.C7H16O3.CN.CH4.B.Na/c2*1-11-6-8-13(9-7-11)12(2)22-16-14(10-15(20)24-17(16)21)23-18(25)26-19(3,4)5;1-9-3-5-11(6-4-9)10(2)20-8-18-12-7-13(16)19-15(17)14(12)20;1-8-3-5-10(6-4-8)9(2)18-13-11(17)7-12(15)19-14(13)16;1-4-8-7(9-5-2)10-6-3;1-2;;;/h10-13,22H,6-9H2,1-5H3,(H,23,24,25);10-11,13H,6-9H2,1-5H3,(H,23,24,25);7-11H,3-6H2,1-2H3;7-10,18H,3-6H2,1-2H3,(H2,17,19);7H,4-6H2,1-3H3;;1H4;;/q;;;;;-1;;;+1. The number of amides is 2. The minimum atomic E-state index is -0.608. The van der Waals surface area contributed by atoms with Gasteiger partial charge in [0.1, 0.15) is 43.0 Å². The number of imidazole rings is 1. The molecule has 3 radical (unpaired) electrons. The minimum Gasteiger partial charge on any atom is -0.512 e. The number of nitrogens with one attached hydrogen (secondary N) is 4. The van der Waals surface area contributed by atoms with Crippen LogP contribution in [0.1, 0.15) is 234 Å². The van der Waals surface area contributed by atoms with Gasteiger partial charge in [0.2, 0.25) is 0 Å². The van der Waals surface area contributed by atoms with Gasteiger partial charge in [-0.1, -0.05) is 179 Å². The summed E-state index contributed by atoms with van der Waals surface area (Å²) >= 11 is 48.7. The van der Waals surface area contributed by atoms with Crippen LogP contribution >= 0.6 is 92.8 Å². The normalized spacial score (nSPS) is 20.8. The topological polar surface area (TPSA) is 260 Å². The molecule has 30 heteroatoms. The van der Waals surface area contributed by atoms with Crippen LogP contribution < -0.4 is 56.6 Å². The second-order valence-corrected chi connectivity index (χ2v) is 32.5. The van der Waals surface area contributed by atoms with E-state index >= 15 is 0 Å². The Hall–Kier alpha value is -3.57. The van der Waals surface area contributed by atoms with E-state index in [1.165, 1.54) is 96.0 Å². The van der Waals surface area contributed by atoms with Crippen molar-refractivity contribution in [3.63, 3.8) is 0 Å². The van der Waals surface area contributed by atoms with Crippen molar-refractivity contribution in [2.75, 3.05) is 46.8 Å². The summed E-state index contributed by atoms with van der Waals surface area (Å²) in [5.74, 6) is 5.63. The van der Waals surface area contributed by atoms with Crippen LogP contribution in [-0.4, -0.2) is 105 Å². The number of carbonyl (C=O) groups is 2. The van der Waals surface area contributed by atoms with Crippen LogP contribution in [0.25, 0.3) is 11.0 Å². The zero-order valence-corrected chi connectivity index (χ0v) is 72.9. The van der Waals surface area contributed by atoms with Crippen molar-refractivity contribution in [3.8, 4) is 0 Å². The van der Waals surface area contributed by atoms with Gasteiger partial charge in [-0.2, -0.15) is 0 Å². The van der Waals surface area contributed by atoms with E-state index in [1.54, 1.807) is 39.0 Å². The molecule has 5 aromatic heterocycles. The van der Waals surface area contributed by atoms with Gasteiger partial charge in [-0.15, -0.1) is 0 Å². The van der Waals surface area contributed by atoms with Gasteiger partial charge in [-0.25, -0.2) is 34.5 Å². The number of nitrogen functional groups attached to an aromatic ring is 1. The number of nitrogens with zero attached hydrogens (tertiary/aromatic N) is 8. The Morgan fingerprint density at radius 2 is 0.925 bits per heavy atom. The number of nitrogens with two attached hydrogens (primary N) is 1. The molecule has 587 valence electrons. The maximum absolute atomic E-state index is 12.2. The van der Waals surface area contributed by atoms with Crippen molar-refractivity contribution in [2.45, 2.75) is 264 Å². The Labute approximate surface area is 697 Å². The number of ether oxygens (including phenoxy) is 5. The molecule has 0 aromatic carbocycles. The second-order valence-electron chi connectivity index (χ2n) is 29.5. The van der Waals surface area contributed by atoms with Crippen LogP contribution in [0, 0.1) is 59.2 Å². The molecule has 5 heterocycles. The summed E-state index contributed by atoms with van der Waals surface area (Å²) in [6.07, 6.45) is 20.5. The van der Waals surface area contributed by atoms with Gasteiger partial charge >= 0.3 is 41.7 Å². The van der Waals surface area contributed by atoms with E-state index in [1.807, 2.05) is 54.8 Å². The summed E-state index contributed by atoms with van der Waals surface area (Å²) in [5, 5.41) is 20.8. The third-order valence-electron chi connectivity index (χ3n) is 18.9. The third-order valence-corrected chi connectivity index (χ3v) is 20.7. The average Bonchev–Trinajstić information content (AvgIpc) is 1.62. The van der Waals surface area contributed by atoms with Gasteiger partial charge < -0.3 is 56.5 Å². The number of rotatable bonds is 18. The van der Waals surface area contributed by atoms with Crippen LogP contribution in [-0.2, 0) is 23.7 Å². The van der Waals surface area contributed by atoms with Gasteiger partial charge in [0.05, 0.1) is 40.3 Å². The summed E-state index contributed by atoms with van der Waals surface area (Å²) in [6, 6.07) is 7.47. The summed E-state index contributed by atoms with van der Waals surface area (Å²) in [4.78, 5) is 49.8. The van der Waals surface area contributed by atoms with Crippen LogP contribution in [0.5, 0.6) is 0 Å². The van der Waals surface area contributed by atoms with Crippen LogP contribution in [0.15, 0.2) is 35.6 Å². The number of aliphatic imine (C=N–C) groups is 1. The Balaban J connectivity index is 0.000000670. The average molecular weight is 1640 g/mol. The van der Waals surface area contributed by atoms with E-state index in [-0.39, 0.29) is 72.1 Å². The van der Waals surface area contributed by atoms with Crippen molar-refractivity contribution < 1.29 is 62.8 Å². The van der Waals surface area contributed by atoms with E-state index in [0.29, 0.717) is 110 Å². The van der Waals surface area contributed by atoms with Crippen LogP contribution in [0.3, 0.4) is 0 Å². The molecule has 0 bridgehead atoms. The first kappa shape index (κ1) is 100. The molecule has 20 nitrogen and oxygen atoms in total. The molecule has 4 aliphatic carbocycles. The Kier molecular flexibility index (Phi) is 47.1. The molecule has 4 aliphatic rings. The van der Waals surface area contributed by atoms with Gasteiger partial charge in [0.15, 0.2) is 20.6 Å². The fourth-order valence-corrected chi connectivity index (χ4v) is 14.9. The molecule has 9 rings (SSSR count). The Bertz CT molecular complexity index is 3450. The van der Waals surface area contributed by atoms with Crippen LogP contribution in [0.2, 0.25) is 41.2 Å². The molecular weight excluding hydrogens is 1520 g/mol. The second kappa shape index (κ2) is 49.7. The number of aromatic nitrogens is 6. The Morgan fingerprint density at radius 1 is 0.566 bits per heavy atom. The van der Waals surface area contributed by atoms with E-state index < -0.39 is 29.9 Å². The Morgan fingerprint density at radius 3 is 1.35 bits per heavy atom. The monoisotopic (exact) mass is 1640 g/mol. The van der Waals surface area contributed by atoms with Crippen molar-refractivity contribution in [1.29, 1.82) is 5.26 Å². The number of carbonyl (C=O) groups excluding carboxylic acids is 2. The van der Waals surface area contributed by atoms with Crippen molar-refractivity contribution in [3.05, 3.63) is 78.4 Å². The zero-order chi connectivity index (χ0) is 77.1. The minimum absolute atomic E-state index is 0. The molecular formula is C76H116BCl8N13NaO7. The number of fused-ring (bicyclic) bond motifs is 1. The van der Waals surface area contributed by atoms with Gasteiger partial charge in [0.25, 0.3) is 6.48 Å². The molecule has 3 atom stereocenters. The third kappa shape index (κ3) is 35.0. The largest absolute Gasteiger partial charge is 1.00 e. The number of pyridine rings is 4. The number of halogens is 8. The molecule has 0 aliphatic heterocycles. The van der Waals surface area contributed by atoms with E-state index in [0.717, 1.165) is 53.3 Å². The quantitative estimate of drug-likeness (QED) is 0.0180. The first-order chi connectivity index (χ1) is 48.5. The summed E-state index contributed by atoms with van der Waals surface area (Å²) in [7, 11) is 0. The first-order valence-corrected chi connectivity index (χ1v) is 39.2. The predicted octanol–water partition coefficient (Wildman–Crippen LogP) is 21.5. The van der Waals surface area contributed by atoms with Gasteiger partial charge in [-0.05, 0) is 189 Å². The van der Waals surface area contributed by atoms with Gasteiger partial charge in [0, 0.05) is 76.3 Å². The molecule has 6 N–H and O–H groups in total. The number of hydrogen-bond donors (Lipinski definition) is 5. The van der Waals surface area contributed by atoms with E-state index in [4.69, 9.17) is 139 Å². The fourth-order valence-electron chi connectivity index (χ4n) is 12.9. The van der Waals surface area contributed by atoms with E-state index in [2.05, 4.69) is 99.2 Å². The number of anilines is 5. The maximum atomic E-state index is 12.2. The molecule has 2 amide bonds. The van der Waals surface area contributed by atoms with E-state index in [9.17, 15) is 9.59 Å². The van der Waals surface area contributed by atoms with Crippen molar-refractivity contribution in [2.24, 2.45) is 52.3 Å². The number of hydrogen-bond acceptors (Lipinski definition) is 17. The molecule has 4 saturated carbocycles. The molecule has 0 spiro atoms. The molecule has 5 aromatic rings. The zero-order valence-electron chi connectivity index (χ0n) is 64.9.